The molecule has 0 aromatic rings. The van der Waals surface area contributed by atoms with Crippen LogP contribution < -0.4 is 5.84 Å². The molecule has 0 aliphatic carbocycles. The predicted octanol–water partition coefficient (Wildman–Crippen LogP) is -0.588. The molecule has 2 amide bonds. The van der Waals surface area contributed by atoms with Crippen LogP contribution in [0.2, 0.25) is 0 Å². The molecule has 66 valence electrons. The number of rotatable bonds is 3. The SMILES string of the molecule is CCCN(N)N1C(=O)C=CC1=O. The van der Waals surface area contributed by atoms with Gasteiger partial charge in [-0.15, -0.1) is 5.12 Å². The zero-order valence-electron chi connectivity index (χ0n) is 6.86. The lowest BCUT2D eigenvalue weighted by Gasteiger charge is -2.24. The fraction of sp³-hybridized carbons (Fsp3) is 0.429. The van der Waals surface area contributed by atoms with Gasteiger partial charge in [0.05, 0.1) is 0 Å². The van der Waals surface area contributed by atoms with Gasteiger partial charge in [-0.1, -0.05) is 6.92 Å². The Bertz CT molecular complexity index is 219. The Hall–Kier alpha value is -1.20. The Balaban J connectivity index is 2.63. The molecule has 2 N–H and O–H groups in total. The Morgan fingerprint density at radius 1 is 1.42 bits per heavy atom. The number of imide groups is 1. The number of hydrogen-bond donors (Lipinski definition) is 1. The van der Waals surface area contributed by atoms with Crippen molar-refractivity contribution in [2.45, 2.75) is 13.3 Å². The van der Waals surface area contributed by atoms with Crippen molar-refractivity contribution in [3.05, 3.63) is 12.2 Å². The Morgan fingerprint density at radius 3 is 2.33 bits per heavy atom. The summed E-state index contributed by atoms with van der Waals surface area (Å²) in [6, 6.07) is 0. The van der Waals surface area contributed by atoms with Gasteiger partial charge in [-0.3, -0.25) is 15.4 Å². The molecule has 12 heavy (non-hydrogen) atoms. The Labute approximate surface area is 70.4 Å². The number of hydrazine groups is 2. The van der Waals surface area contributed by atoms with Crippen LogP contribution in [-0.2, 0) is 9.59 Å². The molecule has 0 saturated heterocycles. The molecule has 0 fully saturated rings. The maximum atomic E-state index is 11.0. The highest BCUT2D eigenvalue weighted by Gasteiger charge is 2.27. The van der Waals surface area contributed by atoms with E-state index in [1.807, 2.05) is 6.92 Å². The van der Waals surface area contributed by atoms with Crippen LogP contribution in [0, 0.1) is 0 Å². The van der Waals surface area contributed by atoms with E-state index in [2.05, 4.69) is 0 Å². The molecule has 1 aliphatic rings. The third-order valence-electron chi connectivity index (χ3n) is 1.50. The molecule has 0 aromatic carbocycles. The summed E-state index contributed by atoms with van der Waals surface area (Å²) in [5, 5.41) is 2.05. The topological polar surface area (TPSA) is 66.6 Å². The van der Waals surface area contributed by atoms with E-state index in [0.717, 1.165) is 16.5 Å². The zero-order chi connectivity index (χ0) is 9.14. The van der Waals surface area contributed by atoms with E-state index in [0.29, 0.717) is 6.54 Å². The zero-order valence-corrected chi connectivity index (χ0v) is 6.86. The molecule has 0 radical (unpaired) electrons. The molecule has 0 aromatic heterocycles. The van der Waals surface area contributed by atoms with E-state index < -0.39 is 0 Å². The number of carbonyl (C=O) groups excluding carboxylic acids is 2. The fourth-order valence-corrected chi connectivity index (χ4v) is 0.975. The first-order chi connectivity index (χ1) is 5.66. The van der Waals surface area contributed by atoms with Crippen molar-refractivity contribution in [1.82, 2.24) is 10.1 Å². The van der Waals surface area contributed by atoms with Gasteiger partial charge in [0.15, 0.2) is 0 Å². The summed E-state index contributed by atoms with van der Waals surface area (Å²) >= 11 is 0. The molecule has 1 aliphatic heterocycles. The van der Waals surface area contributed by atoms with E-state index in [1.165, 1.54) is 12.2 Å². The smallest absolute Gasteiger partial charge is 0.268 e. The second-order valence-corrected chi connectivity index (χ2v) is 2.48. The first kappa shape index (κ1) is 8.89. The summed E-state index contributed by atoms with van der Waals surface area (Å²) in [5.41, 5.74) is 0. The summed E-state index contributed by atoms with van der Waals surface area (Å²) in [5.74, 6) is 4.69. The van der Waals surface area contributed by atoms with Gasteiger partial charge >= 0.3 is 0 Å². The molecule has 5 nitrogen and oxygen atoms in total. The van der Waals surface area contributed by atoms with Crippen LogP contribution in [0.4, 0.5) is 0 Å². The highest BCUT2D eigenvalue weighted by atomic mass is 16.2. The van der Waals surface area contributed by atoms with Crippen LogP contribution >= 0.6 is 0 Å². The Kier molecular flexibility index (Phi) is 2.57. The third kappa shape index (κ3) is 1.51. The van der Waals surface area contributed by atoms with Crippen LogP contribution in [0.15, 0.2) is 12.2 Å². The summed E-state index contributed by atoms with van der Waals surface area (Å²) < 4.78 is 0. The van der Waals surface area contributed by atoms with Crippen molar-refractivity contribution in [2.24, 2.45) is 5.84 Å². The summed E-state index contributed by atoms with van der Waals surface area (Å²) in [4.78, 5) is 22.0. The van der Waals surface area contributed by atoms with Gasteiger partial charge in [0.25, 0.3) is 11.8 Å². The van der Waals surface area contributed by atoms with Crippen molar-refractivity contribution in [2.75, 3.05) is 6.54 Å². The number of hydrogen-bond acceptors (Lipinski definition) is 4. The minimum atomic E-state index is -0.379. The molecule has 0 saturated carbocycles. The highest BCUT2D eigenvalue weighted by Crippen LogP contribution is 2.04. The van der Waals surface area contributed by atoms with Crippen LogP contribution in [0.1, 0.15) is 13.3 Å². The number of nitrogens with zero attached hydrogens (tertiary/aromatic N) is 2. The van der Waals surface area contributed by atoms with Crippen molar-refractivity contribution < 1.29 is 9.59 Å². The normalized spacial score (nSPS) is 16.8. The van der Waals surface area contributed by atoms with Crippen LogP contribution in [-0.4, -0.2) is 28.5 Å². The second kappa shape index (κ2) is 3.46. The lowest BCUT2D eigenvalue weighted by atomic mass is 10.5. The van der Waals surface area contributed by atoms with Gasteiger partial charge in [-0.2, -0.15) is 5.01 Å². The summed E-state index contributed by atoms with van der Waals surface area (Å²) in [6.45, 7) is 2.40. The molecule has 0 bridgehead atoms. The molecule has 1 heterocycles. The fourth-order valence-electron chi connectivity index (χ4n) is 0.975. The largest absolute Gasteiger partial charge is 0.269 e. The number of carbonyl (C=O) groups is 2. The monoisotopic (exact) mass is 169 g/mol. The lowest BCUT2D eigenvalue weighted by molar-refractivity contribution is -0.155. The minimum absolute atomic E-state index is 0.379. The third-order valence-corrected chi connectivity index (χ3v) is 1.50. The minimum Gasteiger partial charge on any atom is -0.268 e. The van der Waals surface area contributed by atoms with E-state index in [4.69, 9.17) is 5.84 Å². The van der Waals surface area contributed by atoms with E-state index in [1.54, 1.807) is 0 Å². The predicted molar refractivity (Wildman–Crippen MR) is 42.2 cm³/mol. The van der Waals surface area contributed by atoms with Gasteiger partial charge in [-0.25, -0.2) is 0 Å². The van der Waals surface area contributed by atoms with Crippen molar-refractivity contribution >= 4 is 11.8 Å². The maximum Gasteiger partial charge on any atom is 0.269 e. The summed E-state index contributed by atoms with van der Waals surface area (Å²) in [7, 11) is 0. The molecular weight excluding hydrogens is 158 g/mol. The maximum absolute atomic E-state index is 11.0. The van der Waals surface area contributed by atoms with Crippen molar-refractivity contribution in [1.29, 1.82) is 0 Å². The Morgan fingerprint density at radius 2 is 1.92 bits per heavy atom. The van der Waals surface area contributed by atoms with Gasteiger partial charge in [0.2, 0.25) is 0 Å². The van der Waals surface area contributed by atoms with Crippen LogP contribution in [0.5, 0.6) is 0 Å². The van der Waals surface area contributed by atoms with E-state index in [9.17, 15) is 9.59 Å². The molecule has 0 atom stereocenters. The highest BCUT2D eigenvalue weighted by molar-refractivity contribution is 6.12. The van der Waals surface area contributed by atoms with Crippen LogP contribution in [0.25, 0.3) is 0 Å². The molecular formula is C7H11N3O2. The van der Waals surface area contributed by atoms with E-state index in [-0.39, 0.29) is 11.8 Å². The van der Waals surface area contributed by atoms with E-state index >= 15 is 0 Å². The second-order valence-electron chi connectivity index (χ2n) is 2.48. The standard InChI is InChI=1S/C7H11N3O2/c1-2-5-9(8)10-6(11)3-4-7(10)12/h3-4H,2,5,8H2,1H3. The average Bonchev–Trinajstić information content (AvgIpc) is 2.32. The van der Waals surface area contributed by atoms with Crippen molar-refractivity contribution in [3.8, 4) is 0 Å². The van der Waals surface area contributed by atoms with Crippen molar-refractivity contribution in [3.63, 3.8) is 0 Å². The molecule has 0 unspecified atom stereocenters. The molecule has 0 spiro atoms. The molecule has 5 heteroatoms. The first-order valence-electron chi connectivity index (χ1n) is 3.75. The van der Waals surface area contributed by atoms with Gasteiger partial charge in [0.1, 0.15) is 0 Å². The number of nitrogens with two attached hydrogens (primary N) is 1. The average molecular weight is 169 g/mol. The summed E-state index contributed by atoms with van der Waals surface area (Å²) in [6.07, 6.45) is 3.20. The van der Waals surface area contributed by atoms with Gasteiger partial charge < -0.3 is 0 Å². The van der Waals surface area contributed by atoms with Gasteiger partial charge in [0, 0.05) is 18.7 Å². The molecule has 1 rings (SSSR count). The quantitative estimate of drug-likeness (QED) is 0.348. The lowest BCUT2D eigenvalue weighted by Crippen LogP contribution is -2.50. The first-order valence-corrected chi connectivity index (χ1v) is 3.75. The van der Waals surface area contributed by atoms with Gasteiger partial charge in [-0.05, 0) is 6.42 Å². The number of amides is 2. The van der Waals surface area contributed by atoms with Crippen LogP contribution in [0.3, 0.4) is 0 Å².